The van der Waals surface area contributed by atoms with Crippen LogP contribution in [0.2, 0.25) is 5.02 Å². The van der Waals surface area contributed by atoms with Crippen molar-refractivity contribution in [2.24, 2.45) is 5.92 Å². The summed E-state index contributed by atoms with van der Waals surface area (Å²) in [4.78, 5) is 23.9. The molecule has 2 rings (SSSR count). The molecule has 1 fully saturated rings. The molecule has 0 atom stereocenters. The van der Waals surface area contributed by atoms with Crippen molar-refractivity contribution in [2.75, 3.05) is 12.9 Å². The maximum Gasteiger partial charge on any atom is 0.179 e. The molecule has 7 heteroatoms. The van der Waals surface area contributed by atoms with E-state index in [-0.39, 0.29) is 46.0 Å². The van der Waals surface area contributed by atoms with Crippen LogP contribution in [-0.4, -0.2) is 32.8 Å². The van der Waals surface area contributed by atoms with E-state index in [1.54, 1.807) is 6.92 Å². The Labute approximate surface area is 134 Å². The first kappa shape index (κ1) is 17.0. The van der Waals surface area contributed by atoms with Crippen LogP contribution in [0, 0.1) is 5.92 Å². The lowest BCUT2D eigenvalue weighted by atomic mass is 10.0. The Bertz CT molecular complexity index is 720. The summed E-state index contributed by atoms with van der Waals surface area (Å²) in [5.41, 5.74) is 0.117. The van der Waals surface area contributed by atoms with E-state index in [2.05, 4.69) is 0 Å². The van der Waals surface area contributed by atoms with Crippen molar-refractivity contribution in [3.05, 3.63) is 22.7 Å². The molecule has 1 saturated carbocycles. The second-order valence-corrected chi connectivity index (χ2v) is 7.66. The number of sulfone groups is 1. The molecule has 0 saturated heterocycles. The van der Waals surface area contributed by atoms with Gasteiger partial charge in [-0.15, -0.1) is 0 Å². The lowest BCUT2D eigenvalue weighted by Crippen LogP contribution is -2.12. The molecule has 0 N–H and O–H groups in total. The minimum Gasteiger partial charge on any atom is -0.491 e. The predicted octanol–water partition coefficient (Wildman–Crippen LogP) is 2.69. The Morgan fingerprint density at radius 1 is 1.32 bits per heavy atom. The zero-order chi connectivity index (χ0) is 16.5. The standard InChI is InChI=1S/C15H17ClO5S/c1-3-21-15-13(22(2,19)20)7-6-10(14(15)16)12(18)8-11(17)9-4-5-9/h6-7,9H,3-5,8H2,1-2H3. The minimum absolute atomic E-state index is 0.00983. The second kappa shape index (κ2) is 6.38. The third kappa shape index (κ3) is 3.67. The number of carbonyl (C=O) groups is 2. The largest absolute Gasteiger partial charge is 0.491 e. The van der Waals surface area contributed by atoms with Gasteiger partial charge in [0.15, 0.2) is 21.4 Å². The van der Waals surface area contributed by atoms with E-state index < -0.39 is 15.6 Å². The van der Waals surface area contributed by atoms with Gasteiger partial charge < -0.3 is 4.74 Å². The van der Waals surface area contributed by atoms with E-state index in [1.807, 2.05) is 0 Å². The van der Waals surface area contributed by atoms with Gasteiger partial charge in [0.05, 0.1) is 18.1 Å². The normalized spacial score (nSPS) is 14.7. The van der Waals surface area contributed by atoms with Crippen LogP contribution in [0.5, 0.6) is 5.75 Å². The Hall–Kier alpha value is -1.40. The molecule has 1 aliphatic rings. The summed E-state index contributed by atoms with van der Waals surface area (Å²) in [6.07, 6.45) is 2.49. The first-order valence-corrected chi connectivity index (χ1v) is 9.24. The Morgan fingerprint density at radius 2 is 1.95 bits per heavy atom. The maximum atomic E-state index is 12.2. The molecule has 0 aromatic heterocycles. The number of ketones is 2. The third-order valence-corrected chi connectivity index (χ3v) is 4.91. The SMILES string of the molecule is CCOc1c(S(C)(=O)=O)ccc(C(=O)CC(=O)C2CC2)c1Cl. The number of ether oxygens (including phenoxy) is 1. The van der Waals surface area contributed by atoms with Crippen LogP contribution in [0.4, 0.5) is 0 Å². The van der Waals surface area contributed by atoms with Crippen LogP contribution in [0.1, 0.15) is 36.5 Å². The fourth-order valence-electron chi connectivity index (χ4n) is 2.13. The topological polar surface area (TPSA) is 77.5 Å². The monoisotopic (exact) mass is 344 g/mol. The van der Waals surface area contributed by atoms with Gasteiger partial charge in [-0.1, -0.05) is 11.6 Å². The maximum absolute atomic E-state index is 12.2. The highest BCUT2D eigenvalue weighted by molar-refractivity contribution is 7.90. The summed E-state index contributed by atoms with van der Waals surface area (Å²) in [6.45, 7) is 1.90. The molecule has 0 radical (unpaired) electrons. The Balaban J connectivity index is 2.38. The molecule has 1 aromatic rings. The van der Waals surface area contributed by atoms with Crippen molar-refractivity contribution in [3.8, 4) is 5.75 Å². The van der Waals surface area contributed by atoms with E-state index in [1.165, 1.54) is 12.1 Å². The quantitative estimate of drug-likeness (QED) is 0.561. The molecular formula is C15H17ClO5S. The summed E-state index contributed by atoms with van der Waals surface area (Å²) in [5, 5.41) is -0.0571. The third-order valence-electron chi connectivity index (χ3n) is 3.42. The average molecular weight is 345 g/mol. The van der Waals surface area contributed by atoms with E-state index in [0.717, 1.165) is 19.1 Å². The highest BCUT2D eigenvalue weighted by Crippen LogP contribution is 2.37. The van der Waals surface area contributed by atoms with Crippen LogP contribution in [0.15, 0.2) is 17.0 Å². The lowest BCUT2D eigenvalue weighted by Gasteiger charge is -2.13. The van der Waals surface area contributed by atoms with Crippen molar-refractivity contribution in [1.29, 1.82) is 0 Å². The molecule has 5 nitrogen and oxygen atoms in total. The van der Waals surface area contributed by atoms with Crippen LogP contribution >= 0.6 is 11.6 Å². The fraction of sp³-hybridized carbons (Fsp3) is 0.467. The van der Waals surface area contributed by atoms with E-state index >= 15 is 0 Å². The highest BCUT2D eigenvalue weighted by Gasteiger charge is 2.32. The first-order valence-electron chi connectivity index (χ1n) is 6.97. The number of hydrogen-bond donors (Lipinski definition) is 0. The summed E-state index contributed by atoms with van der Waals surface area (Å²) in [5.74, 6) is -0.546. The first-order chi connectivity index (χ1) is 10.3. The van der Waals surface area contributed by atoms with Gasteiger partial charge in [-0.05, 0) is 31.9 Å². The predicted molar refractivity (Wildman–Crippen MR) is 82.4 cm³/mol. The van der Waals surface area contributed by atoms with Gasteiger partial charge >= 0.3 is 0 Å². The lowest BCUT2D eigenvalue weighted by molar-refractivity contribution is -0.119. The molecule has 0 heterocycles. The average Bonchev–Trinajstić information content (AvgIpc) is 3.23. The minimum atomic E-state index is -3.53. The fourth-order valence-corrected chi connectivity index (χ4v) is 3.32. The smallest absolute Gasteiger partial charge is 0.179 e. The number of Topliss-reactive ketones (excluding diaryl/α,β-unsaturated/α-hetero) is 2. The van der Waals surface area contributed by atoms with Gasteiger partial charge in [0.2, 0.25) is 0 Å². The number of rotatable bonds is 7. The van der Waals surface area contributed by atoms with E-state index in [4.69, 9.17) is 16.3 Å². The van der Waals surface area contributed by atoms with Crippen molar-refractivity contribution >= 4 is 33.0 Å². The van der Waals surface area contributed by atoms with Gasteiger partial charge in [-0.2, -0.15) is 0 Å². The summed E-state index contributed by atoms with van der Waals surface area (Å²) >= 11 is 6.15. The molecule has 1 aromatic carbocycles. The number of benzene rings is 1. The molecule has 22 heavy (non-hydrogen) atoms. The van der Waals surface area contributed by atoms with Gasteiger partial charge in [0.1, 0.15) is 10.7 Å². The number of halogens is 1. The number of hydrogen-bond acceptors (Lipinski definition) is 5. The van der Waals surface area contributed by atoms with Crippen LogP contribution in [0.25, 0.3) is 0 Å². The molecule has 0 amide bonds. The molecule has 1 aliphatic carbocycles. The molecule has 120 valence electrons. The summed E-state index contributed by atoms with van der Waals surface area (Å²) < 4.78 is 28.8. The Morgan fingerprint density at radius 3 is 2.45 bits per heavy atom. The van der Waals surface area contributed by atoms with Crippen molar-refractivity contribution < 1.29 is 22.7 Å². The molecule has 0 spiro atoms. The van der Waals surface area contributed by atoms with Crippen LogP contribution in [-0.2, 0) is 14.6 Å². The molecule has 0 aliphatic heterocycles. The van der Waals surface area contributed by atoms with Crippen molar-refractivity contribution in [3.63, 3.8) is 0 Å². The highest BCUT2D eigenvalue weighted by atomic mass is 35.5. The Kier molecular flexibility index (Phi) is 4.92. The van der Waals surface area contributed by atoms with Crippen LogP contribution in [0.3, 0.4) is 0 Å². The molecular weight excluding hydrogens is 328 g/mol. The van der Waals surface area contributed by atoms with Gasteiger partial charge in [0, 0.05) is 17.7 Å². The van der Waals surface area contributed by atoms with Crippen molar-refractivity contribution in [1.82, 2.24) is 0 Å². The zero-order valence-electron chi connectivity index (χ0n) is 12.4. The summed E-state index contributed by atoms with van der Waals surface area (Å²) in [7, 11) is -3.53. The van der Waals surface area contributed by atoms with Gasteiger partial charge in [-0.3, -0.25) is 9.59 Å². The molecule has 0 bridgehead atoms. The van der Waals surface area contributed by atoms with Crippen LogP contribution < -0.4 is 4.74 Å². The van der Waals surface area contributed by atoms with Crippen molar-refractivity contribution in [2.45, 2.75) is 31.1 Å². The number of carbonyl (C=O) groups excluding carboxylic acids is 2. The van der Waals surface area contributed by atoms with Gasteiger partial charge in [-0.25, -0.2) is 8.42 Å². The van der Waals surface area contributed by atoms with Gasteiger partial charge in [0.25, 0.3) is 0 Å². The van der Waals surface area contributed by atoms with E-state index in [0.29, 0.717) is 0 Å². The molecule has 0 unspecified atom stereocenters. The second-order valence-electron chi connectivity index (χ2n) is 5.30. The summed E-state index contributed by atoms with van der Waals surface area (Å²) in [6, 6.07) is 2.63. The van der Waals surface area contributed by atoms with E-state index in [9.17, 15) is 18.0 Å². The zero-order valence-corrected chi connectivity index (χ0v) is 14.0.